The minimum absolute atomic E-state index is 0.00410. The Morgan fingerprint density at radius 2 is 2.00 bits per heavy atom. The molecule has 2 N–H and O–H groups in total. The molecule has 0 amide bonds. The average Bonchev–Trinajstić information content (AvgIpc) is 2.84. The smallest absolute Gasteiger partial charge is 0.163 e. The minimum atomic E-state index is -0.209. The van der Waals surface area contributed by atoms with Crippen LogP contribution in [0.3, 0.4) is 0 Å². The van der Waals surface area contributed by atoms with Crippen LogP contribution in [0.4, 0.5) is 0 Å². The van der Waals surface area contributed by atoms with Gasteiger partial charge in [0.05, 0.1) is 6.10 Å². The van der Waals surface area contributed by atoms with Crippen molar-refractivity contribution in [1.29, 1.82) is 0 Å². The molecule has 0 aliphatic heterocycles. The fourth-order valence-corrected chi connectivity index (χ4v) is 5.36. The Hall–Kier alpha value is -1.61. The average molecular weight is 328 g/mol. The highest BCUT2D eigenvalue weighted by Crippen LogP contribution is 2.60. The molecule has 4 rings (SSSR count). The molecule has 0 heterocycles. The number of rotatable bonds is 0. The second-order valence-electron chi connectivity index (χ2n) is 7.82. The van der Waals surface area contributed by atoms with Gasteiger partial charge in [0.25, 0.3) is 0 Å². The SMILES string of the molecule is C=CC.C[C@]12CCC3c4ccc(O)cc4C(=O)CC3C1CC[C@@H]2O. The number of ketones is 1. The maximum absolute atomic E-state index is 12.5. The summed E-state index contributed by atoms with van der Waals surface area (Å²) in [7, 11) is 0. The molecule has 0 spiro atoms. The van der Waals surface area contributed by atoms with E-state index in [-0.39, 0.29) is 23.1 Å². The summed E-state index contributed by atoms with van der Waals surface area (Å²) in [5.41, 5.74) is 1.84. The Labute approximate surface area is 144 Å². The fourth-order valence-electron chi connectivity index (χ4n) is 5.36. The highest BCUT2D eigenvalue weighted by Gasteiger charge is 2.55. The van der Waals surface area contributed by atoms with Crippen LogP contribution < -0.4 is 0 Å². The van der Waals surface area contributed by atoms with Gasteiger partial charge in [-0.1, -0.05) is 19.1 Å². The van der Waals surface area contributed by atoms with Gasteiger partial charge < -0.3 is 10.2 Å². The van der Waals surface area contributed by atoms with Gasteiger partial charge in [-0.25, -0.2) is 0 Å². The molecule has 3 unspecified atom stereocenters. The molecule has 3 aliphatic rings. The van der Waals surface area contributed by atoms with Gasteiger partial charge in [0.1, 0.15) is 5.75 Å². The number of carbonyl (C=O) groups excluding carboxylic acids is 1. The van der Waals surface area contributed by atoms with E-state index >= 15 is 0 Å². The number of aliphatic hydroxyl groups is 1. The first-order chi connectivity index (χ1) is 11.4. The molecule has 0 radical (unpaired) electrons. The van der Waals surface area contributed by atoms with Crippen molar-refractivity contribution in [2.24, 2.45) is 17.3 Å². The van der Waals surface area contributed by atoms with Gasteiger partial charge in [-0.15, -0.1) is 6.58 Å². The number of carbonyl (C=O) groups is 1. The van der Waals surface area contributed by atoms with Crippen LogP contribution in [0.2, 0.25) is 0 Å². The molecule has 1 aromatic carbocycles. The number of allylic oxidation sites excluding steroid dienone is 1. The van der Waals surface area contributed by atoms with Crippen molar-refractivity contribution < 1.29 is 15.0 Å². The van der Waals surface area contributed by atoms with Crippen LogP contribution in [0.1, 0.15) is 67.8 Å². The molecular weight excluding hydrogens is 300 g/mol. The second kappa shape index (κ2) is 6.36. The lowest BCUT2D eigenvalue weighted by atomic mass is 9.55. The molecule has 1 aromatic rings. The predicted octanol–water partition coefficient (Wildman–Crippen LogP) is 4.44. The van der Waals surface area contributed by atoms with Gasteiger partial charge in [0, 0.05) is 12.0 Å². The molecule has 2 saturated carbocycles. The number of fused-ring (bicyclic) bond motifs is 5. The number of benzene rings is 1. The lowest BCUT2D eigenvalue weighted by Crippen LogP contribution is -2.44. The molecule has 0 aromatic heterocycles. The van der Waals surface area contributed by atoms with Crippen LogP contribution in [0.15, 0.2) is 30.9 Å². The molecule has 0 saturated heterocycles. The number of hydrogen-bond acceptors (Lipinski definition) is 3. The van der Waals surface area contributed by atoms with Crippen molar-refractivity contribution in [3.63, 3.8) is 0 Å². The zero-order valence-corrected chi connectivity index (χ0v) is 14.7. The van der Waals surface area contributed by atoms with E-state index in [4.69, 9.17) is 0 Å². The van der Waals surface area contributed by atoms with Gasteiger partial charge in [-0.3, -0.25) is 4.79 Å². The summed E-state index contributed by atoms with van der Waals surface area (Å²) >= 11 is 0. The van der Waals surface area contributed by atoms with Crippen LogP contribution in [0.5, 0.6) is 5.75 Å². The molecule has 3 heteroatoms. The number of aromatic hydroxyl groups is 1. The van der Waals surface area contributed by atoms with E-state index in [0.717, 1.165) is 36.8 Å². The number of phenolic OH excluding ortho intramolecular Hbond substituents is 1. The maximum Gasteiger partial charge on any atom is 0.163 e. The van der Waals surface area contributed by atoms with Gasteiger partial charge in [-0.05, 0) is 73.5 Å². The van der Waals surface area contributed by atoms with E-state index in [9.17, 15) is 15.0 Å². The molecule has 130 valence electrons. The Balaban J connectivity index is 0.000000526. The van der Waals surface area contributed by atoms with Gasteiger partial charge in [0.2, 0.25) is 0 Å². The van der Waals surface area contributed by atoms with Crippen molar-refractivity contribution in [1.82, 2.24) is 0 Å². The summed E-state index contributed by atoms with van der Waals surface area (Å²) in [6, 6.07) is 5.27. The van der Waals surface area contributed by atoms with E-state index in [1.165, 1.54) is 0 Å². The van der Waals surface area contributed by atoms with Gasteiger partial charge in [0.15, 0.2) is 5.78 Å². The van der Waals surface area contributed by atoms with Crippen molar-refractivity contribution in [2.75, 3.05) is 0 Å². The number of aliphatic hydroxyl groups excluding tert-OH is 1. The topological polar surface area (TPSA) is 57.5 Å². The Morgan fingerprint density at radius 3 is 2.71 bits per heavy atom. The summed E-state index contributed by atoms with van der Waals surface area (Å²) in [6.07, 6.45) is 6.11. The van der Waals surface area contributed by atoms with Gasteiger partial charge >= 0.3 is 0 Å². The van der Waals surface area contributed by atoms with Crippen molar-refractivity contribution >= 4 is 5.78 Å². The molecule has 2 fully saturated rings. The minimum Gasteiger partial charge on any atom is -0.508 e. The zero-order chi connectivity index (χ0) is 17.5. The van der Waals surface area contributed by atoms with E-state index in [1.807, 2.05) is 13.0 Å². The first kappa shape index (κ1) is 17.2. The molecule has 5 atom stereocenters. The van der Waals surface area contributed by atoms with Crippen LogP contribution >= 0.6 is 0 Å². The molecule has 3 aliphatic carbocycles. The van der Waals surface area contributed by atoms with E-state index in [0.29, 0.717) is 24.2 Å². The summed E-state index contributed by atoms with van der Waals surface area (Å²) in [6.45, 7) is 7.46. The predicted molar refractivity (Wildman–Crippen MR) is 95.2 cm³/mol. The highest BCUT2D eigenvalue weighted by molar-refractivity contribution is 5.99. The van der Waals surface area contributed by atoms with E-state index in [1.54, 1.807) is 18.2 Å². The van der Waals surface area contributed by atoms with Gasteiger partial charge in [-0.2, -0.15) is 0 Å². The maximum atomic E-state index is 12.5. The third-order valence-corrected chi connectivity index (χ3v) is 6.54. The summed E-state index contributed by atoms with van der Waals surface area (Å²) in [5, 5.41) is 20.0. The normalized spacial score (nSPS) is 36.7. The third-order valence-electron chi connectivity index (χ3n) is 6.54. The van der Waals surface area contributed by atoms with E-state index in [2.05, 4.69) is 13.5 Å². The van der Waals surface area contributed by atoms with Crippen LogP contribution in [-0.2, 0) is 0 Å². The fraction of sp³-hybridized carbons (Fsp3) is 0.571. The van der Waals surface area contributed by atoms with Crippen molar-refractivity contribution in [2.45, 2.75) is 58.0 Å². The largest absolute Gasteiger partial charge is 0.508 e. The van der Waals surface area contributed by atoms with Crippen molar-refractivity contribution in [3.05, 3.63) is 42.0 Å². The van der Waals surface area contributed by atoms with Crippen molar-refractivity contribution in [3.8, 4) is 5.75 Å². The lowest BCUT2D eigenvalue weighted by molar-refractivity contribution is -0.0208. The summed E-state index contributed by atoms with van der Waals surface area (Å²) < 4.78 is 0. The standard InChI is InChI=1S/C18H22O3.C3H6/c1-18-7-6-12-11-3-2-10(19)8-14(11)16(20)9-13(12)15(18)4-5-17(18)21;1-3-2/h2-3,8,12-13,15,17,19,21H,4-7,9H2,1H3;3H,1H2,2H3/t12?,13?,15?,17-,18-;/m0./s1. The monoisotopic (exact) mass is 328 g/mol. The van der Waals surface area contributed by atoms with Crippen LogP contribution in [-0.4, -0.2) is 22.1 Å². The number of hydrogen-bond donors (Lipinski definition) is 2. The zero-order valence-electron chi connectivity index (χ0n) is 14.7. The molecular formula is C21H28O3. The Bertz CT molecular complexity index is 650. The summed E-state index contributed by atoms with van der Waals surface area (Å²) in [5.74, 6) is 1.58. The first-order valence-electron chi connectivity index (χ1n) is 9.03. The third kappa shape index (κ3) is 2.59. The van der Waals surface area contributed by atoms with Crippen LogP contribution in [0, 0.1) is 17.3 Å². The number of phenols is 1. The van der Waals surface area contributed by atoms with E-state index < -0.39 is 0 Å². The highest BCUT2D eigenvalue weighted by atomic mass is 16.3. The molecule has 24 heavy (non-hydrogen) atoms. The Morgan fingerprint density at radius 1 is 1.29 bits per heavy atom. The molecule has 0 bridgehead atoms. The second-order valence-corrected chi connectivity index (χ2v) is 7.82. The quantitative estimate of drug-likeness (QED) is 0.692. The Kier molecular flexibility index (Phi) is 4.56. The molecule has 3 nitrogen and oxygen atoms in total. The summed E-state index contributed by atoms with van der Waals surface area (Å²) in [4.78, 5) is 12.5. The van der Waals surface area contributed by atoms with Crippen LogP contribution in [0.25, 0.3) is 0 Å². The number of Topliss-reactive ketones (excluding diaryl/α,β-unsaturated/α-hetero) is 1. The first-order valence-corrected chi connectivity index (χ1v) is 9.03. The lowest BCUT2D eigenvalue weighted by Gasteiger charge is -2.49.